The van der Waals surface area contributed by atoms with Crippen LogP contribution in [0.3, 0.4) is 0 Å². The van der Waals surface area contributed by atoms with Gasteiger partial charge >= 0.3 is 0 Å². The van der Waals surface area contributed by atoms with E-state index < -0.39 is 0 Å². The molecule has 0 radical (unpaired) electrons. The second-order valence-electron chi connectivity index (χ2n) is 11.6. The fourth-order valence-corrected chi connectivity index (χ4v) is 5.95. The van der Waals surface area contributed by atoms with Crippen LogP contribution in [0, 0.1) is 0 Å². The first-order valence-corrected chi connectivity index (χ1v) is 16.1. The van der Waals surface area contributed by atoms with Gasteiger partial charge in [-0.1, -0.05) is 96.3 Å². The minimum absolute atomic E-state index is 0.874. The third kappa shape index (κ3) is 7.63. The van der Waals surface area contributed by atoms with E-state index in [1.54, 1.807) is 0 Å². The smallest absolute Gasteiger partial charge is 0.159 e. The third-order valence-electron chi connectivity index (χ3n) is 8.29. The second kappa shape index (κ2) is 15.0. The summed E-state index contributed by atoms with van der Waals surface area (Å²) in [6, 6.07) is 19.7. The molecule has 5 aromatic rings. The number of imidazole rings is 2. The lowest BCUT2D eigenvalue weighted by molar-refractivity contribution is 0.564. The number of hydrogen-bond donors (Lipinski definition) is 0. The number of hydrogen-bond acceptors (Lipinski definition) is 3. The van der Waals surface area contributed by atoms with Crippen LogP contribution in [-0.2, 0) is 19.5 Å². The Morgan fingerprint density at radius 1 is 0.610 bits per heavy atom. The van der Waals surface area contributed by atoms with Crippen molar-refractivity contribution in [1.82, 2.24) is 24.1 Å². The number of fused-ring (bicyclic) bond motifs is 2. The maximum absolute atomic E-state index is 5.10. The summed E-state index contributed by atoms with van der Waals surface area (Å²) >= 11 is 0. The normalized spacial score (nSPS) is 11.7. The van der Waals surface area contributed by atoms with Gasteiger partial charge in [0.1, 0.15) is 5.69 Å². The van der Waals surface area contributed by atoms with Gasteiger partial charge in [-0.05, 0) is 66.8 Å². The SMILES string of the molecule is CCCCCCCCn1cnc2cc(Cc3ccc4c(c3)nc(-c3ccccn3)n4CCCCCCCC)ccc21. The van der Waals surface area contributed by atoms with Crippen molar-refractivity contribution in [3.05, 3.63) is 78.2 Å². The highest BCUT2D eigenvalue weighted by Crippen LogP contribution is 2.27. The van der Waals surface area contributed by atoms with Gasteiger partial charge in [0.15, 0.2) is 5.82 Å². The first kappa shape index (κ1) is 29.0. The number of aromatic nitrogens is 5. The molecule has 3 aromatic heterocycles. The van der Waals surface area contributed by atoms with Gasteiger partial charge in [-0.15, -0.1) is 0 Å². The lowest BCUT2D eigenvalue weighted by atomic mass is 10.0. The molecule has 0 spiro atoms. The van der Waals surface area contributed by atoms with E-state index in [2.05, 4.69) is 70.4 Å². The highest BCUT2D eigenvalue weighted by Gasteiger charge is 2.14. The molecule has 216 valence electrons. The Balaban J connectivity index is 1.29. The summed E-state index contributed by atoms with van der Waals surface area (Å²) in [5, 5.41) is 0. The predicted octanol–water partition coefficient (Wildman–Crippen LogP) is 9.76. The topological polar surface area (TPSA) is 48.5 Å². The number of pyridine rings is 1. The maximum atomic E-state index is 5.10. The van der Waals surface area contributed by atoms with E-state index >= 15 is 0 Å². The molecular formula is C36H47N5. The van der Waals surface area contributed by atoms with Crippen LogP contribution in [0.2, 0.25) is 0 Å². The highest BCUT2D eigenvalue weighted by atomic mass is 15.1. The van der Waals surface area contributed by atoms with Crippen LogP contribution in [0.5, 0.6) is 0 Å². The molecule has 0 aliphatic rings. The maximum Gasteiger partial charge on any atom is 0.159 e. The fraction of sp³-hybridized carbons (Fsp3) is 0.472. The summed E-state index contributed by atoms with van der Waals surface area (Å²) in [6.07, 6.45) is 20.3. The molecule has 0 atom stereocenters. The number of unbranched alkanes of at least 4 members (excludes halogenated alkanes) is 10. The monoisotopic (exact) mass is 549 g/mol. The molecular weight excluding hydrogens is 502 g/mol. The Morgan fingerprint density at radius 2 is 1.27 bits per heavy atom. The van der Waals surface area contributed by atoms with E-state index in [-0.39, 0.29) is 0 Å². The molecule has 0 unspecified atom stereocenters. The Labute approximate surface area is 246 Å². The first-order chi connectivity index (χ1) is 20.3. The largest absolute Gasteiger partial charge is 0.331 e. The first-order valence-electron chi connectivity index (χ1n) is 16.1. The van der Waals surface area contributed by atoms with Crippen molar-refractivity contribution in [2.24, 2.45) is 0 Å². The van der Waals surface area contributed by atoms with E-state index in [4.69, 9.17) is 9.97 Å². The number of rotatable bonds is 17. The Kier molecular flexibility index (Phi) is 10.6. The quantitative estimate of drug-likeness (QED) is 0.108. The minimum atomic E-state index is 0.874. The van der Waals surface area contributed by atoms with Gasteiger partial charge in [0.2, 0.25) is 0 Å². The molecule has 0 aliphatic carbocycles. The summed E-state index contributed by atoms with van der Waals surface area (Å²) < 4.78 is 4.70. The van der Waals surface area contributed by atoms with Crippen LogP contribution >= 0.6 is 0 Å². The number of benzene rings is 2. The fourth-order valence-electron chi connectivity index (χ4n) is 5.95. The summed E-state index contributed by atoms with van der Waals surface area (Å²) in [5.41, 5.74) is 8.10. The molecule has 2 aromatic carbocycles. The van der Waals surface area contributed by atoms with Crippen LogP contribution < -0.4 is 0 Å². The summed E-state index contributed by atoms with van der Waals surface area (Å²) in [5.74, 6) is 0.976. The van der Waals surface area contributed by atoms with Crippen LogP contribution in [0.4, 0.5) is 0 Å². The van der Waals surface area contributed by atoms with Gasteiger partial charge in [-0.2, -0.15) is 0 Å². The molecule has 0 aliphatic heterocycles. The molecule has 0 saturated heterocycles. The zero-order valence-corrected chi connectivity index (χ0v) is 25.2. The molecule has 0 N–H and O–H groups in total. The highest BCUT2D eigenvalue weighted by molar-refractivity contribution is 5.81. The molecule has 0 fully saturated rings. The number of nitrogens with zero attached hydrogens (tertiary/aromatic N) is 5. The second-order valence-corrected chi connectivity index (χ2v) is 11.6. The van der Waals surface area contributed by atoms with Gasteiger partial charge in [-0.3, -0.25) is 4.98 Å². The predicted molar refractivity (Wildman–Crippen MR) is 172 cm³/mol. The third-order valence-corrected chi connectivity index (χ3v) is 8.29. The van der Waals surface area contributed by atoms with Crippen LogP contribution in [0.25, 0.3) is 33.6 Å². The average Bonchev–Trinajstić information content (AvgIpc) is 3.57. The van der Waals surface area contributed by atoms with Crippen molar-refractivity contribution in [2.45, 2.75) is 110 Å². The van der Waals surface area contributed by atoms with E-state index in [9.17, 15) is 0 Å². The van der Waals surface area contributed by atoms with Gasteiger partial charge in [0, 0.05) is 19.3 Å². The van der Waals surface area contributed by atoms with E-state index in [1.165, 1.54) is 99.2 Å². The van der Waals surface area contributed by atoms with Gasteiger partial charge in [-0.25, -0.2) is 9.97 Å². The standard InChI is InChI=1S/C36H47N5/c1-3-5-7-9-11-15-23-40-28-38-32-26-29(18-20-34(32)40)25-30-19-21-35-33(27-30)39-36(31-17-13-14-22-37-31)41(35)24-16-12-10-8-6-4-2/h13-14,17-22,26-28H,3-12,15-16,23-25H2,1-2H3. The van der Waals surface area contributed by atoms with Gasteiger partial charge in [0.25, 0.3) is 0 Å². The van der Waals surface area contributed by atoms with Gasteiger partial charge < -0.3 is 9.13 Å². The Hall–Kier alpha value is -3.47. The Morgan fingerprint density at radius 3 is 1.98 bits per heavy atom. The van der Waals surface area contributed by atoms with Crippen molar-refractivity contribution >= 4 is 22.1 Å². The zero-order valence-electron chi connectivity index (χ0n) is 25.2. The van der Waals surface area contributed by atoms with E-state index in [0.717, 1.165) is 42.1 Å². The molecule has 0 amide bonds. The molecule has 41 heavy (non-hydrogen) atoms. The van der Waals surface area contributed by atoms with Crippen molar-refractivity contribution in [2.75, 3.05) is 0 Å². The molecule has 0 saturated carbocycles. The average molecular weight is 550 g/mol. The van der Waals surface area contributed by atoms with Crippen LogP contribution in [-0.4, -0.2) is 24.1 Å². The van der Waals surface area contributed by atoms with Crippen molar-refractivity contribution in [3.63, 3.8) is 0 Å². The minimum Gasteiger partial charge on any atom is -0.331 e. The summed E-state index contributed by atoms with van der Waals surface area (Å²) in [7, 11) is 0. The van der Waals surface area contributed by atoms with Crippen molar-refractivity contribution < 1.29 is 0 Å². The lowest BCUT2D eigenvalue weighted by Gasteiger charge is -2.09. The van der Waals surface area contributed by atoms with Crippen molar-refractivity contribution in [1.29, 1.82) is 0 Å². The molecule has 5 rings (SSSR count). The number of aryl methyl sites for hydroxylation is 2. The lowest BCUT2D eigenvalue weighted by Crippen LogP contribution is -2.02. The summed E-state index contributed by atoms with van der Waals surface area (Å²) in [4.78, 5) is 14.5. The van der Waals surface area contributed by atoms with Crippen LogP contribution in [0.15, 0.2) is 67.1 Å². The molecule has 0 bridgehead atoms. The Bertz CT molecular complexity index is 1500. The van der Waals surface area contributed by atoms with E-state index in [0.29, 0.717) is 0 Å². The molecule has 5 heteroatoms. The molecule has 5 nitrogen and oxygen atoms in total. The summed E-state index contributed by atoms with van der Waals surface area (Å²) in [6.45, 7) is 6.58. The van der Waals surface area contributed by atoms with Crippen molar-refractivity contribution in [3.8, 4) is 11.5 Å². The van der Waals surface area contributed by atoms with E-state index in [1.807, 2.05) is 24.7 Å². The molecule has 3 heterocycles. The van der Waals surface area contributed by atoms with Gasteiger partial charge in [0.05, 0.1) is 28.4 Å². The van der Waals surface area contributed by atoms with Crippen LogP contribution in [0.1, 0.15) is 102 Å². The zero-order chi connectivity index (χ0) is 28.3.